The fourth-order valence-electron chi connectivity index (χ4n) is 0.453. The van der Waals surface area contributed by atoms with Crippen molar-refractivity contribution in [2.45, 2.75) is 6.92 Å². The molecule has 0 N–H and O–H groups in total. The Kier molecular flexibility index (Phi) is 5.26. The number of hydrogen-bond donors (Lipinski definition) is 0. The maximum absolute atomic E-state index is 10.6. The van der Waals surface area contributed by atoms with Crippen LogP contribution in [0, 0.1) is 5.92 Å². The van der Waals surface area contributed by atoms with E-state index in [0.29, 0.717) is 0 Å². The molecular formula is C5H11O4P. The molecule has 0 aliphatic rings. The molecule has 0 aromatic carbocycles. The number of methoxy groups -OCH3 is 1. The van der Waals surface area contributed by atoms with E-state index >= 15 is 0 Å². The van der Waals surface area contributed by atoms with Gasteiger partial charge in [0.15, 0.2) is 8.69 Å². The van der Waals surface area contributed by atoms with Gasteiger partial charge in [0.05, 0.1) is 19.6 Å². The van der Waals surface area contributed by atoms with E-state index in [4.69, 9.17) is 0 Å². The predicted molar refractivity (Wildman–Crippen MR) is 37.5 cm³/mol. The van der Waals surface area contributed by atoms with Crippen molar-refractivity contribution < 1.29 is 18.6 Å². The summed E-state index contributed by atoms with van der Waals surface area (Å²) in [5.74, 6) is -0.667. The lowest BCUT2D eigenvalue weighted by Gasteiger charge is -2.05. The van der Waals surface area contributed by atoms with Crippen molar-refractivity contribution in [1.29, 1.82) is 0 Å². The van der Waals surface area contributed by atoms with Gasteiger partial charge in [0, 0.05) is 0 Å². The van der Waals surface area contributed by atoms with Crippen LogP contribution in [0.15, 0.2) is 0 Å². The average Bonchev–Trinajstić information content (AvgIpc) is 1.98. The topological polar surface area (TPSA) is 52.6 Å². The molecule has 2 atom stereocenters. The predicted octanol–water partition coefficient (Wildman–Crippen LogP) is 0.483. The molecule has 5 heteroatoms. The van der Waals surface area contributed by atoms with Gasteiger partial charge >= 0.3 is 5.97 Å². The zero-order valence-electron chi connectivity index (χ0n) is 5.99. The van der Waals surface area contributed by atoms with Crippen LogP contribution in [0.2, 0.25) is 0 Å². The number of carbonyl (C=O) groups excluding carboxylic acids is 1. The summed E-state index contributed by atoms with van der Waals surface area (Å²) in [7, 11) is 0.0888. The van der Waals surface area contributed by atoms with Gasteiger partial charge in [-0.25, -0.2) is 0 Å². The zero-order chi connectivity index (χ0) is 7.98. The Hall–Kier alpha value is -0.340. The molecule has 0 aliphatic carbocycles. The second-order valence-corrected chi connectivity index (χ2v) is 2.38. The first kappa shape index (κ1) is 9.66. The summed E-state index contributed by atoms with van der Waals surface area (Å²) < 4.78 is 18.8. The zero-order valence-corrected chi connectivity index (χ0v) is 7.15. The Morgan fingerprint density at radius 2 is 2.30 bits per heavy atom. The first-order valence-corrected chi connectivity index (χ1v) is 3.79. The number of hydrogen-bond acceptors (Lipinski definition) is 4. The minimum Gasteiger partial charge on any atom is -0.469 e. The molecule has 60 valence electrons. The molecule has 0 fully saturated rings. The SMILES string of the molecule is COC(=O)C(C)CO[PH2]=O. The Bertz CT molecular complexity index is 125. The molecule has 0 radical (unpaired) electrons. The van der Waals surface area contributed by atoms with Crippen LogP contribution in [0.3, 0.4) is 0 Å². The molecule has 0 bridgehead atoms. The van der Waals surface area contributed by atoms with Crippen molar-refractivity contribution in [2.24, 2.45) is 5.92 Å². The summed E-state index contributed by atoms with van der Waals surface area (Å²) in [6, 6.07) is 0. The Morgan fingerprint density at radius 1 is 1.70 bits per heavy atom. The first-order chi connectivity index (χ1) is 4.72. The van der Waals surface area contributed by atoms with Crippen LogP contribution in [0.25, 0.3) is 0 Å². The highest BCUT2D eigenvalue weighted by molar-refractivity contribution is 7.17. The van der Waals surface area contributed by atoms with E-state index in [9.17, 15) is 9.36 Å². The summed E-state index contributed by atoms with van der Waals surface area (Å²) in [6.07, 6.45) is 0. The number of esters is 1. The van der Waals surface area contributed by atoms with Crippen molar-refractivity contribution >= 4 is 14.7 Å². The lowest BCUT2D eigenvalue weighted by atomic mass is 10.2. The quantitative estimate of drug-likeness (QED) is 0.450. The van der Waals surface area contributed by atoms with E-state index in [1.54, 1.807) is 6.92 Å². The normalized spacial score (nSPS) is 13.8. The van der Waals surface area contributed by atoms with Crippen molar-refractivity contribution in [2.75, 3.05) is 13.7 Å². The molecule has 0 saturated heterocycles. The lowest BCUT2D eigenvalue weighted by molar-refractivity contribution is -0.145. The van der Waals surface area contributed by atoms with E-state index in [1.165, 1.54) is 7.11 Å². The largest absolute Gasteiger partial charge is 0.469 e. The Balaban J connectivity index is 3.50. The number of carbonyl (C=O) groups is 1. The highest BCUT2D eigenvalue weighted by Gasteiger charge is 2.11. The number of ether oxygens (including phenoxy) is 1. The van der Waals surface area contributed by atoms with E-state index in [0.717, 1.165) is 0 Å². The number of rotatable bonds is 4. The van der Waals surface area contributed by atoms with Crippen LogP contribution >= 0.6 is 8.69 Å². The maximum Gasteiger partial charge on any atom is 0.310 e. The van der Waals surface area contributed by atoms with Gasteiger partial charge < -0.3 is 9.26 Å². The fourth-order valence-corrected chi connectivity index (χ4v) is 0.820. The highest BCUT2D eigenvalue weighted by Crippen LogP contribution is 2.03. The van der Waals surface area contributed by atoms with Crippen molar-refractivity contribution in [3.8, 4) is 0 Å². The molecule has 2 unspecified atom stereocenters. The van der Waals surface area contributed by atoms with Gasteiger partial charge in [-0.3, -0.25) is 9.36 Å². The van der Waals surface area contributed by atoms with Crippen LogP contribution in [-0.4, -0.2) is 19.7 Å². The van der Waals surface area contributed by atoms with Gasteiger partial charge in [0.25, 0.3) is 0 Å². The second-order valence-electron chi connectivity index (χ2n) is 1.85. The van der Waals surface area contributed by atoms with Crippen LogP contribution < -0.4 is 0 Å². The van der Waals surface area contributed by atoms with Gasteiger partial charge in [0.2, 0.25) is 0 Å². The minimum atomic E-state index is -1.22. The third-order valence-electron chi connectivity index (χ3n) is 1.02. The monoisotopic (exact) mass is 166 g/mol. The smallest absolute Gasteiger partial charge is 0.310 e. The van der Waals surface area contributed by atoms with Crippen LogP contribution in [0.5, 0.6) is 0 Å². The molecular weight excluding hydrogens is 155 g/mol. The van der Waals surface area contributed by atoms with E-state index in [-0.39, 0.29) is 18.5 Å². The molecule has 4 nitrogen and oxygen atoms in total. The molecule has 0 aromatic rings. The van der Waals surface area contributed by atoms with Gasteiger partial charge in [-0.1, -0.05) is 0 Å². The average molecular weight is 166 g/mol. The summed E-state index contributed by atoms with van der Waals surface area (Å²) in [6.45, 7) is 1.83. The van der Waals surface area contributed by atoms with E-state index in [1.807, 2.05) is 0 Å². The first-order valence-electron chi connectivity index (χ1n) is 2.85. The van der Waals surface area contributed by atoms with Gasteiger partial charge in [-0.05, 0) is 6.92 Å². The van der Waals surface area contributed by atoms with Crippen LogP contribution in [0.4, 0.5) is 0 Å². The van der Waals surface area contributed by atoms with Crippen LogP contribution in [0.1, 0.15) is 6.92 Å². The molecule has 0 heterocycles. The minimum absolute atomic E-state index is 0.172. The molecule has 0 aliphatic heterocycles. The van der Waals surface area contributed by atoms with Crippen molar-refractivity contribution in [1.82, 2.24) is 0 Å². The standard InChI is InChI=1S/C5H11O4P/c1-4(3-9-10-7)5(6)8-2/h4H,3,10H2,1-2H3. The Labute approximate surface area is 60.8 Å². The second kappa shape index (κ2) is 5.45. The molecule has 0 spiro atoms. The molecule has 0 rings (SSSR count). The van der Waals surface area contributed by atoms with Gasteiger partial charge in [-0.2, -0.15) is 0 Å². The van der Waals surface area contributed by atoms with Crippen molar-refractivity contribution in [3.63, 3.8) is 0 Å². The molecule has 0 amide bonds. The maximum atomic E-state index is 10.6. The fraction of sp³-hybridized carbons (Fsp3) is 0.800. The summed E-state index contributed by atoms with van der Waals surface area (Å²) in [5, 5.41) is 0. The summed E-state index contributed by atoms with van der Waals surface area (Å²) in [4.78, 5) is 10.6. The summed E-state index contributed by atoms with van der Waals surface area (Å²) >= 11 is 0. The molecule has 10 heavy (non-hydrogen) atoms. The summed E-state index contributed by atoms with van der Waals surface area (Å²) in [5.41, 5.74) is 0. The third kappa shape index (κ3) is 3.64. The van der Waals surface area contributed by atoms with Gasteiger partial charge in [0.1, 0.15) is 0 Å². The highest BCUT2D eigenvalue weighted by atomic mass is 31.1. The lowest BCUT2D eigenvalue weighted by Crippen LogP contribution is -2.16. The Morgan fingerprint density at radius 3 is 2.70 bits per heavy atom. The van der Waals surface area contributed by atoms with Crippen molar-refractivity contribution in [3.05, 3.63) is 0 Å². The van der Waals surface area contributed by atoms with Gasteiger partial charge in [-0.15, -0.1) is 0 Å². The van der Waals surface area contributed by atoms with Crippen LogP contribution in [-0.2, 0) is 18.6 Å². The van der Waals surface area contributed by atoms with E-state index in [2.05, 4.69) is 9.26 Å². The molecule has 0 aromatic heterocycles. The van der Waals surface area contributed by atoms with E-state index < -0.39 is 8.69 Å². The molecule has 0 saturated carbocycles. The third-order valence-corrected chi connectivity index (χ3v) is 1.35.